The summed E-state index contributed by atoms with van der Waals surface area (Å²) < 4.78 is 19.5. The molecule has 7 nitrogen and oxygen atoms in total. The molecule has 0 N–H and O–H groups in total. The van der Waals surface area contributed by atoms with Crippen molar-refractivity contribution in [3.63, 3.8) is 0 Å². The zero-order valence-electron chi connectivity index (χ0n) is 19.9. The van der Waals surface area contributed by atoms with Crippen molar-refractivity contribution in [2.45, 2.75) is 37.8 Å². The molecule has 2 aromatic heterocycles. The van der Waals surface area contributed by atoms with Crippen LogP contribution in [0.1, 0.15) is 54.2 Å². The number of para-hydroxylation sites is 2. The van der Waals surface area contributed by atoms with Gasteiger partial charge in [-0.05, 0) is 74.2 Å². The van der Waals surface area contributed by atoms with E-state index in [2.05, 4.69) is 22.8 Å². The Bertz CT molecular complexity index is 1330. The third-order valence-electron chi connectivity index (χ3n) is 7.15. The number of furan rings is 1. The minimum atomic E-state index is -0.0574. The fraction of sp³-hybridized carbons (Fsp3) is 0.357. The SMILES string of the molecule is COc1ccc(-c2ccc(C(=O)N3CCC(n4c(C5CCCO5)nc5ccccc54)CC3)o2)cc1. The number of ether oxygens (including phenoxy) is 2. The Kier molecular flexibility index (Phi) is 5.78. The van der Waals surface area contributed by atoms with Gasteiger partial charge in [-0.2, -0.15) is 0 Å². The summed E-state index contributed by atoms with van der Waals surface area (Å²) in [6.45, 7) is 2.15. The van der Waals surface area contributed by atoms with Crippen molar-refractivity contribution >= 4 is 16.9 Å². The van der Waals surface area contributed by atoms with Crippen LogP contribution in [0.2, 0.25) is 0 Å². The summed E-state index contributed by atoms with van der Waals surface area (Å²) in [5, 5.41) is 0. The Balaban J connectivity index is 1.18. The fourth-order valence-corrected chi connectivity index (χ4v) is 5.30. The van der Waals surface area contributed by atoms with E-state index in [0.717, 1.165) is 60.5 Å². The Labute approximate surface area is 204 Å². The normalized spacial score (nSPS) is 18.9. The van der Waals surface area contributed by atoms with E-state index >= 15 is 0 Å². The highest BCUT2D eigenvalue weighted by atomic mass is 16.5. The molecule has 6 rings (SSSR count). The first-order valence-corrected chi connectivity index (χ1v) is 12.3. The first-order valence-electron chi connectivity index (χ1n) is 12.3. The number of amides is 1. The molecule has 2 fully saturated rings. The third kappa shape index (κ3) is 4.10. The molecule has 35 heavy (non-hydrogen) atoms. The van der Waals surface area contributed by atoms with Crippen LogP contribution in [0.3, 0.4) is 0 Å². The van der Waals surface area contributed by atoms with Crippen LogP contribution in [0.5, 0.6) is 5.75 Å². The monoisotopic (exact) mass is 471 g/mol. The molecule has 4 aromatic rings. The van der Waals surface area contributed by atoms with Gasteiger partial charge in [-0.25, -0.2) is 4.98 Å². The van der Waals surface area contributed by atoms with Crippen molar-refractivity contribution < 1.29 is 18.7 Å². The molecular formula is C28H29N3O4. The van der Waals surface area contributed by atoms with Gasteiger partial charge in [0.2, 0.25) is 0 Å². The van der Waals surface area contributed by atoms with Crippen LogP contribution >= 0.6 is 0 Å². The standard InChI is InChI=1S/C28H29N3O4/c1-33-21-10-8-19(9-11-21)24-12-13-26(35-24)28(32)30-16-14-20(15-17-30)31-23-6-3-2-5-22(23)29-27(31)25-7-4-18-34-25/h2-3,5-6,8-13,20,25H,4,7,14-18H2,1H3. The molecule has 0 bridgehead atoms. The zero-order chi connectivity index (χ0) is 23.8. The number of carbonyl (C=O) groups excluding carboxylic acids is 1. The Morgan fingerprint density at radius 3 is 2.54 bits per heavy atom. The van der Waals surface area contributed by atoms with Crippen LogP contribution in [0.25, 0.3) is 22.4 Å². The second kappa shape index (κ2) is 9.23. The van der Waals surface area contributed by atoms with Crippen LogP contribution in [-0.2, 0) is 4.74 Å². The van der Waals surface area contributed by atoms with Gasteiger partial charge in [0.15, 0.2) is 5.76 Å². The van der Waals surface area contributed by atoms with Crippen molar-refractivity contribution in [1.82, 2.24) is 14.5 Å². The van der Waals surface area contributed by atoms with E-state index in [-0.39, 0.29) is 18.1 Å². The Hall–Kier alpha value is -3.58. The molecule has 0 radical (unpaired) electrons. The number of carbonyl (C=O) groups is 1. The van der Waals surface area contributed by atoms with Gasteiger partial charge in [0.05, 0.1) is 18.1 Å². The number of nitrogens with zero attached hydrogens (tertiary/aromatic N) is 3. The molecule has 2 aliphatic heterocycles. The number of rotatable bonds is 5. The van der Waals surface area contributed by atoms with Crippen molar-refractivity contribution in [2.24, 2.45) is 0 Å². The minimum Gasteiger partial charge on any atom is -0.497 e. The van der Waals surface area contributed by atoms with Crippen molar-refractivity contribution in [1.29, 1.82) is 0 Å². The van der Waals surface area contributed by atoms with E-state index in [1.54, 1.807) is 13.2 Å². The van der Waals surface area contributed by atoms with Gasteiger partial charge in [0.1, 0.15) is 23.4 Å². The summed E-state index contributed by atoms with van der Waals surface area (Å²) in [5.41, 5.74) is 3.08. The van der Waals surface area contributed by atoms with E-state index in [0.29, 0.717) is 24.6 Å². The maximum absolute atomic E-state index is 13.2. The van der Waals surface area contributed by atoms with Crippen molar-refractivity contribution in [3.8, 4) is 17.1 Å². The molecule has 0 aliphatic carbocycles. The maximum Gasteiger partial charge on any atom is 0.289 e. The summed E-state index contributed by atoms with van der Waals surface area (Å²) in [5.74, 6) is 2.81. The highest BCUT2D eigenvalue weighted by molar-refractivity contribution is 5.92. The van der Waals surface area contributed by atoms with Gasteiger partial charge in [0.25, 0.3) is 5.91 Å². The van der Waals surface area contributed by atoms with Crippen LogP contribution < -0.4 is 4.74 Å². The highest BCUT2D eigenvalue weighted by Crippen LogP contribution is 2.36. The number of likely N-dealkylation sites (tertiary alicyclic amines) is 1. The summed E-state index contributed by atoms with van der Waals surface area (Å²) in [7, 11) is 1.64. The van der Waals surface area contributed by atoms with Crippen LogP contribution in [-0.4, -0.2) is 47.2 Å². The number of hydrogen-bond donors (Lipinski definition) is 0. The van der Waals surface area contributed by atoms with Gasteiger partial charge in [-0.15, -0.1) is 0 Å². The highest BCUT2D eigenvalue weighted by Gasteiger charge is 2.31. The zero-order valence-corrected chi connectivity index (χ0v) is 19.9. The van der Waals surface area contributed by atoms with Crippen molar-refractivity contribution in [3.05, 3.63) is 72.2 Å². The molecule has 2 aromatic carbocycles. The lowest BCUT2D eigenvalue weighted by atomic mass is 10.0. The van der Waals surface area contributed by atoms with E-state index in [9.17, 15) is 4.79 Å². The fourth-order valence-electron chi connectivity index (χ4n) is 5.30. The summed E-state index contributed by atoms with van der Waals surface area (Å²) in [4.78, 5) is 20.0. The van der Waals surface area contributed by atoms with Gasteiger partial charge in [0, 0.05) is 31.3 Å². The number of methoxy groups -OCH3 is 1. The number of aromatic nitrogens is 2. The van der Waals surface area contributed by atoms with E-state index < -0.39 is 0 Å². The second-order valence-electron chi connectivity index (χ2n) is 9.25. The number of imidazole rings is 1. The molecule has 1 unspecified atom stereocenters. The lowest BCUT2D eigenvalue weighted by molar-refractivity contribution is 0.0652. The van der Waals surface area contributed by atoms with Gasteiger partial charge < -0.3 is 23.4 Å². The Morgan fingerprint density at radius 1 is 1.00 bits per heavy atom. The average molecular weight is 472 g/mol. The molecule has 180 valence electrons. The number of piperidine rings is 1. The summed E-state index contributed by atoms with van der Waals surface area (Å²) >= 11 is 0. The molecule has 1 atom stereocenters. The minimum absolute atomic E-state index is 0.0570. The Morgan fingerprint density at radius 2 is 1.80 bits per heavy atom. The van der Waals surface area contributed by atoms with Crippen LogP contribution in [0.15, 0.2) is 65.1 Å². The van der Waals surface area contributed by atoms with E-state index in [4.69, 9.17) is 18.9 Å². The lowest BCUT2D eigenvalue weighted by Gasteiger charge is -2.33. The third-order valence-corrected chi connectivity index (χ3v) is 7.15. The molecular weight excluding hydrogens is 442 g/mol. The molecule has 2 saturated heterocycles. The molecule has 2 aliphatic rings. The quantitative estimate of drug-likeness (QED) is 0.377. The van der Waals surface area contributed by atoms with E-state index in [1.807, 2.05) is 41.3 Å². The van der Waals surface area contributed by atoms with Crippen LogP contribution in [0.4, 0.5) is 0 Å². The smallest absolute Gasteiger partial charge is 0.289 e. The first-order chi connectivity index (χ1) is 17.2. The lowest BCUT2D eigenvalue weighted by Crippen LogP contribution is -2.39. The van der Waals surface area contributed by atoms with Gasteiger partial charge in [-0.1, -0.05) is 12.1 Å². The summed E-state index contributed by atoms with van der Waals surface area (Å²) in [6, 6.07) is 19.8. The first kappa shape index (κ1) is 21.9. The molecule has 7 heteroatoms. The van der Waals surface area contributed by atoms with Gasteiger partial charge >= 0.3 is 0 Å². The topological polar surface area (TPSA) is 69.7 Å². The van der Waals surface area contributed by atoms with Crippen LogP contribution in [0, 0.1) is 0 Å². The predicted molar refractivity (Wildman–Crippen MR) is 133 cm³/mol. The molecule has 4 heterocycles. The predicted octanol–water partition coefficient (Wildman–Crippen LogP) is 5.63. The second-order valence-corrected chi connectivity index (χ2v) is 9.25. The average Bonchev–Trinajstić information content (AvgIpc) is 3.68. The number of fused-ring (bicyclic) bond motifs is 1. The van der Waals surface area contributed by atoms with E-state index in [1.165, 1.54) is 0 Å². The number of benzene rings is 2. The molecule has 1 amide bonds. The largest absolute Gasteiger partial charge is 0.497 e. The molecule has 0 spiro atoms. The van der Waals surface area contributed by atoms with Crippen molar-refractivity contribution in [2.75, 3.05) is 26.8 Å². The number of hydrogen-bond acceptors (Lipinski definition) is 5. The van der Waals surface area contributed by atoms with Gasteiger partial charge in [-0.3, -0.25) is 4.79 Å². The summed E-state index contributed by atoms with van der Waals surface area (Å²) in [6.07, 6.45) is 3.88. The maximum atomic E-state index is 13.2. The molecule has 0 saturated carbocycles.